The van der Waals surface area contributed by atoms with Crippen LogP contribution >= 0.6 is 0 Å². The number of pyridine rings is 1. The van der Waals surface area contributed by atoms with Crippen molar-refractivity contribution in [1.82, 2.24) is 15.6 Å². The van der Waals surface area contributed by atoms with Crippen LogP contribution in [0.2, 0.25) is 0 Å². The number of benzene rings is 2. The van der Waals surface area contributed by atoms with Crippen molar-refractivity contribution in [2.45, 2.75) is 52.3 Å². The number of amides is 1. The quantitative estimate of drug-likeness (QED) is 0.383. The maximum absolute atomic E-state index is 12.4. The lowest BCUT2D eigenvalue weighted by atomic mass is 10.0. The van der Waals surface area contributed by atoms with E-state index in [9.17, 15) is 9.90 Å². The van der Waals surface area contributed by atoms with Gasteiger partial charge in [0.25, 0.3) is 0 Å². The van der Waals surface area contributed by atoms with Crippen molar-refractivity contribution in [3.8, 4) is 0 Å². The Hall–Kier alpha value is -3.22. The highest BCUT2D eigenvalue weighted by Crippen LogP contribution is 2.14. The van der Waals surface area contributed by atoms with Gasteiger partial charge in [-0.05, 0) is 61.1 Å². The summed E-state index contributed by atoms with van der Waals surface area (Å²) in [7, 11) is 0. The first-order valence-electron chi connectivity index (χ1n) is 11.3. The topological polar surface area (TPSA) is 100 Å². The van der Waals surface area contributed by atoms with Crippen molar-refractivity contribution in [3.05, 3.63) is 94.2 Å². The monoisotopic (exact) mass is 446 g/mol. The Balaban J connectivity index is 1.46. The van der Waals surface area contributed by atoms with Gasteiger partial charge in [-0.2, -0.15) is 0 Å². The molecule has 0 bridgehead atoms. The van der Waals surface area contributed by atoms with Crippen LogP contribution in [0.3, 0.4) is 0 Å². The van der Waals surface area contributed by atoms with Crippen LogP contribution in [0.1, 0.15) is 46.4 Å². The number of carbonyl (C=O) groups excluding carboxylic acids is 1. The van der Waals surface area contributed by atoms with Crippen molar-refractivity contribution in [2.24, 2.45) is 0 Å². The van der Waals surface area contributed by atoms with Gasteiger partial charge in [0.2, 0.25) is 5.91 Å². The molecule has 0 radical (unpaired) electrons. The second kappa shape index (κ2) is 11.6. The third kappa shape index (κ3) is 7.70. The maximum atomic E-state index is 12.4. The molecule has 0 fully saturated rings. The van der Waals surface area contributed by atoms with Gasteiger partial charge in [0, 0.05) is 30.9 Å². The number of anilines is 1. The first-order chi connectivity index (χ1) is 15.8. The Labute approximate surface area is 196 Å². The highest BCUT2D eigenvalue weighted by Gasteiger charge is 2.11. The molecule has 0 aliphatic carbocycles. The molecule has 0 aliphatic heterocycles. The summed E-state index contributed by atoms with van der Waals surface area (Å²) >= 11 is 0. The third-order valence-electron chi connectivity index (χ3n) is 5.81. The summed E-state index contributed by atoms with van der Waals surface area (Å²) in [5, 5.41) is 16.7. The number of nitrogens with zero attached hydrogens (tertiary/aromatic N) is 1. The first-order valence-corrected chi connectivity index (χ1v) is 11.3. The van der Waals surface area contributed by atoms with Gasteiger partial charge >= 0.3 is 0 Å². The largest absolute Gasteiger partial charge is 0.387 e. The van der Waals surface area contributed by atoms with E-state index >= 15 is 0 Å². The molecule has 6 heteroatoms. The number of rotatable bonds is 10. The summed E-state index contributed by atoms with van der Waals surface area (Å²) in [6.45, 7) is 7.20. The van der Waals surface area contributed by atoms with E-state index in [4.69, 9.17) is 5.73 Å². The van der Waals surface area contributed by atoms with Gasteiger partial charge < -0.3 is 21.5 Å². The molecule has 0 saturated heterocycles. The van der Waals surface area contributed by atoms with Crippen LogP contribution in [-0.4, -0.2) is 28.6 Å². The Morgan fingerprint density at radius 3 is 2.55 bits per heavy atom. The van der Waals surface area contributed by atoms with Crippen molar-refractivity contribution in [2.75, 3.05) is 12.3 Å². The number of nitrogen functional groups attached to an aromatic ring is 1. The normalized spacial score (nSPS) is 12.8. The van der Waals surface area contributed by atoms with Crippen molar-refractivity contribution in [1.29, 1.82) is 0 Å². The lowest BCUT2D eigenvalue weighted by Crippen LogP contribution is -2.32. The predicted octanol–water partition coefficient (Wildman–Crippen LogP) is 3.39. The molecule has 0 unspecified atom stereocenters. The minimum absolute atomic E-state index is 0.0109. The molecule has 1 heterocycles. The van der Waals surface area contributed by atoms with Gasteiger partial charge in [-0.25, -0.2) is 4.98 Å². The number of carbonyl (C=O) groups is 1. The SMILES string of the molecule is Cc1ccc(CNC(=O)Cc2cccc(C[C@@H](C)NC[C@@H](O)c3ccc(N)nc3)c2)cc1C. The average molecular weight is 447 g/mol. The highest BCUT2D eigenvalue weighted by atomic mass is 16.3. The zero-order valence-electron chi connectivity index (χ0n) is 19.6. The Morgan fingerprint density at radius 2 is 1.82 bits per heavy atom. The Morgan fingerprint density at radius 1 is 1.03 bits per heavy atom. The smallest absolute Gasteiger partial charge is 0.224 e. The molecule has 0 aliphatic rings. The number of hydrogen-bond donors (Lipinski definition) is 4. The molecule has 3 aromatic rings. The van der Waals surface area contributed by atoms with E-state index in [1.165, 1.54) is 11.1 Å². The fourth-order valence-corrected chi connectivity index (χ4v) is 3.70. The molecule has 5 N–H and O–H groups in total. The molecule has 2 aromatic carbocycles. The van der Waals surface area contributed by atoms with Crippen LogP contribution in [0.15, 0.2) is 60.8 Å². The number of aromatic nitrogens is 1. The fourth-order valence-electron chi connectivity index (χ4n) is 3.70. The summed E-state index contributed by atoms with van der Waals surface area (Å²) < 4.78 is 0. The lowest BCUT2D eigenvalue weighted by molar-refractivity contribution is -0.120. The Bertz CT molecular complexity index is 1070. The minimum atomic E-state index is -0.645. The van der Waals surface area contributed by atoms with Gasteiger partial charge in [0.1, 0.15) is 5.82 Å². The van der Waals surface area contributed by atoms with Crippen LogP contribution in [0.5, 0.6) is 0 Å². The second-order valence-electron chi connectivity index (χ2n) is 8.74. The molecule has 2 atom stereocenters. The van der Waals surface area contributed by atoms with Crippen LogP contribution in [0.25, 0.3) is 0 Å². The summed E-state index contributed by atoms with van der Waals surface area (Å²) in [4.78, 5) is 16.5. The third-order valence-corrected chi connectivity index (χ3v) is 5.81. The van der Waals surface area contributed by atoms with Gasteiger partial charge in [-0.1, -0.05) is 48.5 Å². The van der Waals surface area contributed by atoms with Crippen molar-refractivity contribution in [3.63, 3.8) is 0 Å². The average Bonchev–Trinajstić information content (AvgIpc) is 2.79. The number of aliphatic hydroxyl groups is 1. The molecule has 1 amide bonds. The Kier molecular flexibility index (Phi) is 8.58. The van der Waals surface area contributed by atoms with Gasteiger partial charge in [-0.15, -0.1) is 0 Å². The van der Waals surface area contributed by atoms with Crippen molar-refractivity contribution < 1.29 is 9.90 Å². The number of aryl methyl sites for hydroxylation is 2. The maximum Gasteiger partial charge on any atom is 0.224 e. The van der Waals surface area contributed by atoms with Gasteiger partial charge in [0.15, 0.2) is 0 Å². The van der Waals surface area contributed by atoms with Gasteiger partial charge in [-0.3, -0.25) is 4.79 Å². The van der Waals surface area contributed by atoms with Crippen molar-refractivity contribution >= 4 is 11.7 Å². The molecular weight excluding hydrogens is 412 g/mol. The summed E-state index contributed by atoms with van der Waals surface area (Å²) in [5.74, 6) is 0.447. The molecule has 3 rings (SSSR count). The van der Waals surface area contributed by atoms with Gasteiger partial charge in [0.05, 0.1) is 12.5 Å². The summed E-state index contributed by atoms with van der Waals surface area (Å²) in [6.07, 6.45) is 2.10. The van der Waals surface area contributed by atoms with Crippen LogP contribution < -0.4 is 16.4 Å². The second-order valence-corrected chi connectivity index (χ2v) is 8.74. The number of nitrogens with two attached hydrogens (primary N) is 1. The first kappa shape index (κ1) is 24.4. The minimum Gasteiger partial charge on any atom is -0.387 e. The van der Waals surface area contributed by atoms with Crippen LogP contribution in [-0.2, 0) is 24.2 Å². The molecule has 1 aromatic heterocycles. The number of hydrogen-bond acceptors (Lipinski definition) is 5. The zero-order valence-corrected chi connectivity index (χ0v) is 19.6. The molecule has 174 valence electrons. The zero-order chi connectivity index (χ0) is 23.8. The van der Waals surface area contributed by atoms with E-state index < -0.39 is 6.10 Å². The van der Waals surface area contributed by atoms with E-state index in [0.29, 0.717) is 25.3 Å². The van der Waals surface area contributed by atoms with E-state index in [2.05, 4.69) is 66.7 Å². The standard InChI is InChI=1S/C27H34N4O2/c1-18-7-8-23(11-19(18)2)15-31-27(33)14-22-6-4-5-21(13-22)12-20(3)29-17-25(32)24-9-10-26(28)30-16-24/h4-11,13,16,20,25,29,32H,12,14-15,17H2,1-3H3,(H2,28,30)(H,31,33)/t20-,25-/m1/s1. The fraction of sp³-hybridized carbons (Fsp3) is 0.333. The van der Waals surface area contributed by atoms with Crippen LogP contribution in [0.4, 0.5) is 5.82 Å². The summed E-state index contributed by atoms with van der Waals surface area (Å²) in [6, 6.07) is 18.0. The van der Waals surface area contributed by atoms with E-state index in [0.717, 1.165) is 28.7 Å². The number of aliphatic hydroxyl groups excluding tert-OH is 1. The molecular formula is C27H34N4O2. The van der Waals surface area contributed by atoms with E-state index in [-0.39, 0.29) is 11.9 Å². The van der Waals surface area contributed by atoms with E-state index in [1.807, 2.05) is 12.1 Å². The lowest BCUT2D eigenvalue weighted by Gasteiger charge is -2.18. The molecule has 0 saturated carbocycles. The number of nitrogens with one attached hydrogen (secondary N) is 2. The molecule has 0 spiro atoms. The predicted molar refractivity (Wildman–Crippen MR) is 133 cm³/mol. The molecule has 6 nitrogen and oxygen atoms in total. The van der Waals surface area contributed by atoms with Crippen LogP contribution in [0, 0.1) is 13.8 Å². The highest BCUT2D eigenvalue weighted by molar-refractivity contribution is 5.78. The van der Waals surface area contributed by atoms with E-state index in [1.54, 1.807) is 18.3 Å². The summed E-state index contributed by atoms with van der Waals surface area (Å²) in [5.41, 5.74) is 12.1. The molecule has 33 heavy (non-hydrogen) atoms.